The number of hydrogen-bond donors (Lipinski definition) is 2. The van der Waals surface area contributed by atoms with Gasteiger partial charge in [-0.05, 0) is 69.0 Å². The van der Waals surface area contributed by atoms with E-state index in [2.05, 4.69) is 23.6 Å². The molecule has 1 atom stereocenters. The first-order valence-electron chi connectivity index (χ1n) is 9.76. The fourth-order valence-corrected chi connectivity index (χ4v) is 2.87. The predicted octanol–water partition coefficient (Wildman–Crippen LogP) is 4.55. The number of anilines is 1. The van der Waals surface area contributed by atoms with Gasteiger partial charge in [0.05, 0.1) is 11.3 Å². The predicted molar refractivity (Wildman–Crippen MR) is 113 cm³/mol. The van der Waals surface area contributed by atoms with Gasteiger partial charge < -0.3 is 15.4 Å². The van der Waals surface area contributed by atoms with E-state index in [4.69, 9.17) is 4.74 Å². The largest absolute Gasteiger partial charge is 0.481 e. The first-order valence-corrected chi connectivity index (χ1v) is 9.76. The number of aryl methyl sites for hydroxylation is 2. The highest BCUT2D eigenvalue weighted by molar-refractivity contribution is 6.04. The molecular formula is C23H30N2O3. The number of nitrogens with one attached hydrogen (secondary N) is 2. The summed E-state index contributed by atoms with van der Waals surface area (Å²) < 4.78 is 5.91. The quantitative estimate of drug-likeness (QED) is 0.658. The van der Waals surface area contributed by atoms with Crippen molar-refractivity contribution in [2.24, 2.45) is 0 Å². The molecule has 0 spiro atoms. The van der Waals surface area contributed by atoms with Crippen LogP contribution >= 0.6 is 0 Å². The molecule has 5 nitrogen and oxygen atoms in total. The van der Waals surface area contributed by atoms with Crippen molar-refractivity contribution in [3.05, 3.63) is 58.7 Å². The van der Waals surface area contributed by atoms with E-state index in [0.29, 0.717) is 23.5 Å². The third-order valence-corrected chi connectivity index (χ3v) is 4.68. The van der Waals surface area contributed by atoms with Crippen LogP contribution in [0.1, 0.15) is 53.7 Å². The van der Waals surface area contributed by atoms with Crippen LogP contribution < -0.4 is 15.4 Å². The molecule has 0 bridgehead atoms. The van der Waals surface area contributed by atoms with Crippen LogP contribution in [-0.4, -0.2) is 24.5 Å². The summed E-state index contributed by atoms with van der Waals surface area (Å²) in [7, 11) is 0. The zero-order valence-electron chi connectivity index (χ0n) is 17.4. The standard InChI is InChI=1S/C23H30N2O3/c1-6-7-12-24-23(27)19-10-8-9-11-20(19)25-22(26)18(5)28-21-14-15(2)13-16(3)17(21)4/h8-11,13-14,18H,6-7,12H2,1-5H3,(H,24,27)(H,25,26). The summed E-state index contributed by atoms with van der Waals surface area (Å²) in [5.74, 6) is 0.209. The summed E-state index contributed by atoms with van der Waals surface area (Å²) in [6.07, 6.45) is 1.22. The topological polar surface area (TPSA) is 67.4 Å². The number of ether oxygens (including phenoxy) is 1. The maximum Gasteiger partial charge on any atom is 0.265 e. The molecule has 0 fully saturated rings. The van der Waals surface area contributed by atoms with Gasteiger partial charge in [0.25, 0.3) is 11.8 Å². The molecule has 5 heteroatoms. The lowest BCUT2D eigenvalue weighted by Gasteiger charge is -2.19. The summed E-state index contributed by atoms with van der Waals surface area (Å²) in [5.41, 5.74) is 4.15. The van der Waals surface area contributed by atoms with Crippen LogP contribution in [0.4, 0.5) is 5.69 Å². The van der Waals surface area contributed by atoms with E-state index < -0.39 is 6.10 Å². The lowest BCUT2D eigenvalue weighted by molar-refractivity contribution is -0.122. The van der Waals surface area contributed by atoms with Gasteiger partial charge in [-0.1, -0.05) is 31.5 Å². The number of rotatable bonds is 8. The second-order valence-corrected chi connectivity index (χ2v) is 7.11. The summed E-state index contributed by atoms with van der Waals surface area (Å²) >= 11 is 0. The third kappa shape index (κ3) is 5.59. The minimum Gasteiger partial charge on any atom is -0.481 e. The van der Waals surface area contributed by atoms with Crippen LogP contribution in [0, 0.1) is 20.8 Å². The molecule has 0 aliphatic carbocycles. The number of benzene rings is 2. The second-order valence-electron chi connectivity index (χ2n) is 7.11. The van der Waals surface area contributed by atoms with Crippen molar-refractivity contribution in [1.82, 2.24) is 5.32 Å². The molecule has 2 aromatic carbocycles. The lowest BCUT2D eigenvalue weighted by atomic mass is 10.1. The molecule has 0 aliphatic heterocycles. The molecule has 28 heavy (non-hydrogen) atoms. The van der Waals surface area contributed by atoms with Crippen molar-refractivity contribution in [3.8, 4) is 5.75 Å². The zero-order chi connectivity index (χ0) is 20.7. The fraction of sp³-hybridized carbons (Fsp3) is 0.391. The smallest absolute Gasteiger partial charge is 0.265 e. The summed E-state index contributed by atoms with van der Waals surface area (Å²) in [5, 5.41) is 5.71. The Morgan fingerprint density at radius 2 is 1.82 bits per heavy atom. The Kier molecular flexibility index (Phi) is 7.61. The Labute approximate surface area is 167 Å². The normalized spacial score (nSPS) is 11.6. The van der Waals surface area contributed by atoms with E-state index >= 15 is 0 Å². The molecule has 2 rings (SSSR count). The lowest BCUT2D eigenvalue weighted by Crippen LogP contribution is -2.32. The number of unbranched alkanes of at least 4 members (excludes halogenated alkanes) is 1. The number of carbonyl (C=O) groups excluding carboxylic acids is 2. The van der Waals surface area contributed by atoms with Crippen molar-refractivity contribution < 1.29 is 14.3 Å². The number of amides is 2. The molecular weight excluding hydrogens is 352 g/mol. The van der Waals surface area contributed by atoms with E-state index in [0.717, 1.165) is 29.5 Å². The molecule has 0 saturated heterocycles. The van der Waals surface area contributed by atoms with Crippen molar-refractivity contribution in [1.29, 1.82) is 0 Å². The van der Waals surface area contributed by atoms with Gasteiger partial charge in [-0.25, -0.2) is 0 Å². The van der Waals surface area contributed by atoms with E-state index in [1.165, 1.54) is 0 Å². The Balaban J connectivity index is 2.09. The SMILES string of the molecule is CCCCNC(=O)c1ccccc1NC(=O)C(C)Oc1cc(C)cc(C)c1C. The van der Waals surface area contributed by atoms with E-state index in [1.807, 2.05) is 26.8 Å². The first kappa shape index (κ1) is 21.5. The van der Waals surface area contributed by atoms with Gasteiger partial charge in [-0.3, -0.25) is 9.59 Å². The van der Waals surface area contributed by atoms with E-state index in [-0.39, 0.29) is 11.8 Å². The number of para-hydroxylation sites is 1. The molecule has 0 aliphatic rings. The van der Waals surface area contributed by atoms with Gasteiger partial charge in [-0.2, -0.15) is 0 Å². The minimum atomic E-state index is -0.698. The molecule has 1 unspecified atom stereocenters. The van der Waals surface area contributed by atoms with Crippen LogP contribution in [-0.2, 0) is 4.79 Å². The van der Waals surface area contributed by atoms with Crippen LogP contribution in [0.3, 0.4) is 0 Å². The molecule has 150 valence electrons. The average molecular weight is 383 g/mol. The summed E-state index contributed by atoms with van der Waals surface area (Å²) in [4.78, 5) is 25.1. The van der Waals surface area contributed by atoms with Crippen molar-refractivity contribution >= 4 is 17.5 Å². The highest BCUT2D eigenvalue weighted by Gasteiger charge is 2.19. The number of carbonyl (C=O) groups is 2. The van der Waals surface area contributed by atoms with Crippen molar-refractivity contribution in [2.45, 2.75) is 53.6 Å². The van der Waals surface area contributed by atoms with E-state index in [1.54, 1.807) is 31.2 Å². The Morgan fingerprint density at radius 1 is 1.11 bits per heavy atom. The molecule has 0 heterocycles. The second kappa shape index (κ2) is 9.93. The Bertz CT molecular complexity index is 846. The molecule has 0 aromatic heterocycles. The highest BCUT2D eigenvalue weighted by Crippen LogP contribution is 2.25. The number of hydrogen-bond acceptors (Lipinski definition) is 3. The maximum atomic E-state index is 12.7. The van der Waals surface area contributed by atoms with Gasteiger partial charge in [0.1, 0.15) is 5.75 Å². The van der Waals surface area contributed by atoms with Crippen molar-refractivity contribution in [2.75, 3.05) is 11.9 Å². The Hall–Kier alpha value is -2.82. The third-order valence-electron chi connectivity index (χ3n) is 4.68. The van der Waals surface area contributed by atoms with Gasteiger partial charge in [0.15, 0.2) is 6.10 Å². The molecule has 2 amide bonds. The van der Waals surface area contributed by atoms with Crippen LogP contribution in [0.15, 0.2) is 36.4 Å². The van der Waals surface area contributed by atoms with Gasteiger partial charge in [-0.15, -0.1) is 0 Å². The summed E-state index contributed by atoms with van der Waals surface area (Å²) in [6.45, 7) is 10.4. The van der Waals surface area contributed by atoms with Crippen molar-refractivity contribution in [3.63, 3.8) is 0 Å². The average Bonchev–Trinajstić information content (AvgIpc) is 2.66. The monoisotopic (exact) mass is 382 g/mol. The minimum absolute atomic E-state index is 0.192. The van der Waals surface area contributed by atoms with Crippen LogP contribution in [0.5, 0.6) is 5.75 Å². The highest BCUT2D eigenvalue weighted by atomic mass is 16.5. The van der Waals surface area contributed by atoms with Crippen LogP contribution in [0.25, 0.3) is 0 Å². The Morgan fingerprint density at radius 3 is 2.54 bits per heavy atom. The molecule has 0 saturated carbocycles. The maximum absolute atomic E-state index is 12.7. The van der Waals surface area contributed by atoms with Gasteiger partial charge >= 0.3 is 0 Å². The molecule has 2 N–H and O–H groups in total. The van der Waals surface area contributed by atoms with Crippen LogP contribution in [0.2, 0.25) is 0 Å². The fourth-order valence-electron chi connectivity index (χ4n) is 2.87. The van der Waals surface area contributed by atoms with Gasteiger partial charge in [0, 0.05) is 6.54 Å². The molecule has 0 radical (unpaired) electrons. The summed E-state index contributed by atoms with van der Waals surface area (Å²) in [6, 6.07) is 11.0. The molecule has 2 aromatic rings. The van der Waals surface area contributed by atoms with E-state index in [9.17, 15) is 9.59 Å². The van der Waals surface area contributed by atoms with Gasteiger partial charge in [0.2, 0.25) is 0 Å². The zero-order valence-corrected chi connectivity index (χ0v) is 17.4. The first-order chi connectivity index (χ1) is 13.3.